The van der Waals surface area contributed by atoms with Crippen LogP contribution in [0.4, 0.5) is 6.01 Å². The van der Waals surface area contributed by atoms with Gasteiger partial charge in [-0.15, -0.1) is 0 Å². The van der Waals surface area contributed by atoms with Crippen molar-refractivity contribution in [2.24, 2.45) is 0 Å². The van der Waals surface area contributed by atoms with Crippen molar-refractivity contribution < 1.29 is 27.8 Å². The molecule has 10 heteroatoms. The molecule has 1 aliphatic rings. The van der Waals surface area contributed by atoms with Crippen LogP contribution in [0.2, 0.25) is 0 Å². The smallest absolute Gasteiger partial charge is 0.362 e. The van der Waals surface area contributed by atoms with Gasteiger partial charge in [-0.2, -0.15) is 4.98 Å². The van der Waals surface area contributed by atoms with E-state index in [0.717, 1.165) is 0 Å². The van der Waals surface area contributed by atoms with Gasteiger partial charge in [0.15, 0.2) is 0 Å². The quantitative estimate of drug-likeness (QED) is 0.402. The minimum Gasteiger partial charge on any atom is -0.497 e. The Morgan fingerprint density at radius 3 is 2.31 bits per heavy atom. The highest BCUT2D eigenvalue weighted by atomic mass is 16.5. The molecule has 2 aromatic carbocycles. The highest BCUT2D eigenvalue weighted by Crippen LogP contribution is 2.39. The number of carbonyl (C=O) groups is 1. The number of anilines is 1. The fourth-order valence-corrected chi connectivity index (χ4v) is 4.23. The van der Waals surface area contributed by atoms with Crippen LogP contribution < -0.4 is 31.7 Å². The number of fused-ring (bicyclic) bond motifs is 3. The summed E-state index contributed by atoms with van der Waals surface area (Å²) in [5.74, 6) is 0.0803. The van der Waals surface area contributed by atoms with Gasteiger partial charge < -0.3 is 28.8 Å². The zero-order valence-electron chi connectivity index (χ0n) is 19.8. The molecule has 0 amide bonds. The number of ether oxygens (including phenoxy) is 3. The van der Waals surface area contributed by atoms with Crippen molar-refractivity contribution in [3.8, 4) is 17.4 Å². The lowest BCUT2D eigenvalue weighted by molar-refractivity contribution is -0.136. The van der Waals surface area contributed by atoms with E-state index in [4.69, 9.17) is 28.8 Å². The fraction of sp³-hybridized carbons (Fsp3) is 0.192. The van der Waals surface area contributed by atoms with Crippen molar-refractivity contribution in [2.45, 2.75) is 12.8 Å². The number of nitrogens with zero attached hydrogens (tertiary/aromatic N) is 2. The van der Waals surface area contributed by atoms with E-state index in [1.807, 2.05) is 0 Å². The van der Waals surface area contributed by atoms with Crippen LogP contribution in [0.25, 0.3) is 17.5 Å². The Hall–Kier alpha value is -4.73. The van der Waals surface area contributed by atoms with Crippen LogP contribution in [0, 0.1) is 0 Å². The molecule has 36 heavy (non-hydrogen) atoms. The minimum absolute atomic E-state index is 0.0114. The second-order valence-corrected chi connectivity index (χ2v) is 7.92. The van der Waals surface area contributed by atoms with Gasteiger partial charge in [0.05, 0.1) is 26.7 Å². The Morgan fingerprint density at radius 1 is 1.06 bits per heavy atom. The number of esters is 1. The summed E-state index contributed by atoms with van der Waals surface area (Å²) < 4.78 is 28.6. The lowest BCUT2D eigenvalue weighted by atomic mass is 9.87. The number of nitrogens with two attached hydrogens (primary N) is 1. The predicted octanol–water partition coefficient (Wildman–Crippen LogP) is 1.71. The highest BCUT2D eigenvalue weighted by molar-refractivity contribution is 6.12. The molecule has 0 saturated carbocycles. The molecule has 10 nitrogen and oxygen atoms in total. The number of hydrogen-bond donors (Lipinski definition) is 1. The van der Waals surface area contributed by atoms with E-state index in [1.165, 1.54) is 4.57 Å². The van der Waals surface area contributed by atoms with E-state index in [-0.39, 0.29) is 35.0 Å². The van der Waals surface area contributed by atoms with Crippen LogP contribution in [-0.4, -0.2) is 36.3 Å². The molecule has 5 rings (SSSR count). The molecule has 0 saturated heterocycles. The van der Waals surface area contributed by atoms with Crippen molar-refractivity contribution in [1.82, 2.24) is 9.55 Å². The third-order valence-electron chi connectivity index (χ3n) is 5.85. The topological polar surface area (TPSA) is 132 Å². The summed E-state index contributed by atoms with van der Waals surface area (Å²) in [6.07, 6.45) is 1.62. The van der Waals surface area contributed by atoms with Crippen LogP contribution in [-0.2, 0) is 9.53 Å². The molecule has 0 spiro atoms. The van der Waals surface area contributed by atoms with Gasteiger partial charge in [0.1, 0.15) is 28.1 Å². The summed E-state index contributed by atoms with van der Waals surface area (Å²) in [4.78, 5) is 30.7. The largest absolute Gasteiger partial charge is 0.497 e. The van der Waals surface area contributed by atoms with Crippen molar-refractivity contribution in [3.05, 3.63) is 86.7 Å². The summed E-state index contributed by atoms with van der Waals surface area (Å²) in [6, 6.07) is 14.1. The Kier molecular flexibility index (Phi) is 5.85. The van der Waals surface area contributed by atoms with E-state index in [0.29, 0.717) is 28.3 Å². The summed E-state index contributed by atoms with van der Waals surface area (Å²) in [5, 5.41) is 0.127. The number of carbonyl (C=O) groups excluding carboxylic acids is 1. The van der Waals surface area contributed by atoms with Crippen molar-refractivity contribution >= 4 is 23.6 Å². The highest BCUT2D eigenvalue weighted by Gasteiger charge is 2.39. The molecule has 1 atom stereocenters. The maximum absolute atomic E-state index is 13.3. The van der Waals surface area contributed by atoms with Crippen LogP contribution >= 0.6 is 0 Å². The number of oxazole rings is 2. The molecule has 0 fully saturated rings. The number of aromatic nitrogens is 2. The second-order valence-electron chi connectivity index (χ2n) is 7.92. The molecule has 4 aromatic rings. The maximum atomic E-state index is 13.3. The molecule has 2 aromatic heterocycles. The Bertz CT molecular complexity index is 1610. The van der Waals surface area contributed by atoms with Gasteiger partial charge in [0, 0.05) is 0 Å². The number of methoxy groups -OCH3 is 2. The Morgan fingerprint density at radius 2 is 1.69 bits per heavy atom. The molecule has 3 heterocycles. The minimum atomic E-state index is -0.759. The number of benzene rings is 2. The molecule has 2 N–H and O–H groups in total. The van der Waals surface area contributed by atoms with Crippen molar-refractivity contribution in [1.29, 1.82) is 0 Å². The first-order valence-electron chi connectivity index (χ1n) is 11.1. The fourth-order valence-electron chi connectivity index (χ4n) is 4.23. The molecule has 1 aliphatic heterocycles. The lowest BCUT2D eigenvalue weighted by Crippen LogP contribution is -2.37. The molecule has 0 bridgehead atoms. The normalized spacial score (nSPS) is 14.8. The monoisotopic (exact) mass is 489 g/mol. The summed E-state index contributed by atoms with van der Waals surface area (Å²) in [5.41, 5.74) is 7.12. The molecule has 0 unspecified atom stereocenters. The van der Waals surface area contributed by atoms with Gasteiger partial charge >= 0.3 is 11.6 Å². The van der Waals surface area contributed by atoms with Crippen LogP contribution in [0.15, 0.2) is 62.2 Å². The van der Waals surface area contributed by atoms with E-state index >= 15 is 0 Å². The van der Waals surface area contributed by atoms with Gasteiger partial charge in [-0.05, 0) is 48.4 Å². The first-order chi connectivity index (χ1) is 17.4. The Balaban J connectivity index is 1.84. The number of hydrogen-bond acceptors (Lipinski definition) is 9. The molecule has 184 valence electrons. The average molecular weight is 489 g/mol. The molecular weight excluding hydrogens is 466 g/mol. The third kappa shape index (κ3) is 3.82. The Labute approximate surface area is 204 Å². The van der Waals surface area contributed by atoms with Crippen LogP contribution in [0.3, 0.4) is 0 Å². The molecule has 0 aliphatic carbocycles. The van der Waals surface area contributed by atoms with E-state index in [9.17, 15) is 9.59 Å². The van der Waals surface area contributed by atoms with Crippen LogP contribution in [0.1, 0.15) is 29.7 Å². The van der Waals surface area contributed by atoms with E-state index < -0.39 is 17.5 Å². The van der Waals surface area contributed by atoms with Gasteiger partial charge in [0.25, 0.3) is 6.01 Å². The third-order valence-corrected chi connectivity index (χ3v) is 5.85. The first kappa shape index (κ1) is 23.0. The predicted molar refractivity (Wildman–Crippen MR) is 129 cm³/mol. The van der Waals surface area contributed by atoms with Gasteiger partial charge in [-0.1, -0.05) is 24.3 Å². The SMILES string of the molecule is CCOC(=O)C1=c2oc(=O)/c(=C\c3ccc(OC)cc3)n2-c2oc(N)nc2[C@H]1c1ccc(OC)cc1. The summed E-state index contributed by atoms with van der Waals surface area (Å²) >= 11 is 0. The standard InChI is InChI=1S/C26H23N3O7/c1-4-34-25(31)20-19(15-7-11-17(33-3)12-8-15)21-23(36-26(27)28-21)29-18(24(30)35-22(20)29)13-14-5-9-16(32-2)10-6-14/h5-13,19H,4H2,1-3H3,(H2,27,28)/b18-13+/t19-/m0/s1. The lowest BCUT2D eigenvalue weighted by Gasteiger charge is -2.22. The second kappa shape index (κ2) is 9.14. The number of rotatable bonds is 6. The zero-order valence-corrected chi connectivity index (χ0v) is 19.8. The van der Waals surface area contributed by atoms with Gasteiger partial charge in [-0.25, -0.2) is 14.2 Å². The van der Waals surface area contributed by atoms with E-state index in [2.05, 4.69) is 4.98 Å². The maximum Gasteiger partial charge on any atom is 0.362 e. The summed E-state index contributed by atoms with van der Waals surface area (Å²) in [6.45, 7) is 1.82. The number of nitrogen functional groups attached to an aromatic ring is 1. The summed E-state index contributed by atoms with van der Waals surface area (Å²) in [7, 11) is 3.13. The van der Waals surface area contributed by atoms with Crippen LogP contribution in [0.5, 0.6) is 11.5 Å². The molecular formula is C26H23N3O7. The van der Waals surface area contributed by atoms with Crippen molar-refractivity contribution in [2.75, 3.05) is 26.6 Å². The van der Waals surface area contributed by atoms with Gasteiger partial charge in [-0.3, -0.25) is 0 Å². The first-order valence-corrected chi connectivity index (χ1v) is 11.1. The molecule has 0 radical (unpaired) electrons. The zero-order chi connectivity index (χ0) is 25.4. The average Bonchev–Trinajstić information content (AvgIpc) is 3.42. The van der Waals surface area contributed by atoms with Gasteiger partial charge in [0.2, 0.25) is 11.4 Å². The van der Waals surface area contributed by atoms with E-state index in [1.54, 1.807) is 75.8 Å². The van der Waals surface area contributed by atoms with Crippen molar-refractivity contribution in [3.63, 3.8) is 0 Å².